The highest BCUT2D eigenvalue weighted by atomic mass is 16.4. The Morgan fingerprint density at radius 2 is 2.08 bits per heavy atom. The number of anilines is 1. The fourth-order valence-corrected chi connectivity index (χ4v) is 3.70. The van der Waals surface area contributed by atoms with Gasteiger partial charge in [0.25, 0.3) is 0 Å². The number of hydrogen-bond donors (Lipinski definition) is 0. The van der Waals surface area contributed by atoms with Crippen molar-refractivity contribution in [3.8, 4) is 6.07 Å². The Hall–Kier alpha value is -2.80. The van der Waals surface area contributed by atoms with Crippen LogP contribution in [0.4, 0.5) is 5.88 Å². The number of aromatic nitrogens is 1. The molecule has 4 rings (SSSR count). The average molecular weight is 331 g/mol. The molecule has 2 heterocycles. The van der Waals surface area contributed by atoms with E-state index in [2.05, 4.69) is 53.2 Å². The van der Waals surface area contributed by atoms with Crippen molar-refractivity contribution in [2.24, 2.45) is 5.92 Å². The molecule has 25 heavy (non-hydrogen) atoms. The molecular formula is C21H21N3O. The first kappa shape index (κ1) is 15.7. The lowest BCUT2D eigenvalue weighted by Crippen LogP contribution is -2.34. The number of piperidine rings is 1. The highest BCUT2D eigenvalue weighted by molar-refractivity contribution is 5.85. The van der Waals surface area contributed by atoms with Gasteiger partial charge in [0, 0.05) is 13.1 Å². The minimum Gasteiger partial charge on any atom is -0.423 e. The first-order valence-electron chi connectivity index (χ1n) is 8.86. The van der Waals surface area contributed by atoms with Gasteiger partial charge in [-0.1, -0.05) is 49.4 Å². The second-order valence-corrected chi connectivity index (χ2v) is 6.88. The van der Waals surface area contributed by atoms with E-state index < -0.39 is 0 Å². The van der Waals surface area contributed by atoms with E-state index in [-0.39, 0.29) is 0 Å². The quantitative estimate of drug-likeness (QED) is 0.708. The maximum atomic E-state index is 9.47. The topological polar surface area (TPSA) is 53.1 Å². The van der Waals surface area contributed by atoms with E-state index in [1.54, 1.807) is 0 Å². The van der Waals surface area contributed by atoms with Crippen LogP contribution in [0.2, 0.25) is 0 Å². The van der Waals surface area contributed by atoms with E-state index in [1.165, 1.54) is 22.8 Å². The predicted octanol–water partition coefficient (Wildman–Crippen LogP) is 4.53. The summed E-state index contributed by atoms with van der Waals surface area (Å²) in [7, 11) is 0. The Kier molecular flexibility index (Phi) is 4.15. The van der Waals surface area contributed by atoms with Crippen LogP contribution in [-0.2, 0) is 6.42 Å². The molecule has 126 valence electrons. The standard InChI is InChI=1S/C21H21N3O/c1-15-6-5-11-24(14-15)21-19(13-22)23-20(25-21)12-17-9-4-8-16-7-2-3-10-18(16)17/h2-4,7-10,15H,5-6,11-12,14H2,1H3. The van der Waals surface area contributed by atoms with Gasteiger partial charge in [-0.05, 0) is 35.1 Å². The molecule has 0 amide bonds. The van der Waals surface area contributed by atoms with Gasteiger partial charge in [-0.3, -0.25) is 0 Å². The first-order valence-corrected chi connectivity index (χ1v) is 8.86. The van der Waals surface area contributed by atoms with Crippen molar-refractivity contribution in [1.29, 1.82) is 5.26 Å². The lowest BCUT2D eigenvalue weighted by Gasteiger charge is -2.30. The number of nitriles is 1. The van der Waals surface area contributed by atoms with Crippen LogP contribution in [0.5, 0.6) is 0 Å². The number of benzene rings is 2. The van der Waals surface area contributed by atoms with E-state index in [0.717, 1.165) is 19.5 Å². The average Bonchev–Trinajstić information content (AvgIpc) is 3.05. The fraction of sp³-hybridized carbons (Fsp3) is 0.333. The molecule has 4 heteroatoms. The molecule has 1 aromatic heterocycles. The molecular weight excluding hydrogens is 310 g/mol. The summed E-state index contributed by atoms with van der Waals surface area (Å²) in [6, 6.07) is 16.8. The highest BCUT2D eigenvalue weighted by Gasteiger charge is 2.24. The number of nitrogens with zero attached hydrogens (tertiary/aromatic N) is 3. The third-order valence-electron chi connectivity index (χ3n) is 4.93. The van der Waals surface area contributed by atoms with Crippen molar-refractivity contribution in [2.45, 2.75) is 26.2 Å². The molecule has 1 atom stereocenters. The molecule has 3 aromatic rings. The maximum Gasteiger partial charge on any atom is 0.234 e. The van der Waals surface area contributed by atoms with Gasteiger partial charge in [-0.15, -0.1) is 0 Å². The SMILES string of the molecule is CC1CCCN(c2oc(Cc3cccc4ccccc34)nc2C#N)C1. The minimum absolute atomic E-state index is 0.407. The van der Waals surface area contributed by atoms with Crippen molar-refractivity contribution < 1.29 is 4.42 Å². The fourth-order valence-electron chi connectivity index (χ4n) is 3.70. The molecule has 0 N–H and O–H groups in total. The minimum atomic E-state index is 0.407. The smallest absolute Gasteiger partial charge is 0.234 e. The number of oxazole rings is 1. The summed E-state index contributed by atoms with van der Waals surface area (Å²) < 4.78 is 6.04. The Morgan fingerprint density at radius 1 is 1.24 bits per heavy atom. The van der Waals surface area contributed by atoms with Crippen LogP contribution >= 0.6 is 0 Å². The molecule has 1 aliphatic heterocycles. The Morgan fingerprint density at radius 3 is 2.92 bits per heavy atom. The summed E-state index contributed by atoms with van der Waals surface area (Å²) >= 11 is 0. The van der Waals surface area contributed by atoms with Crippen molar-refractivity contribution in [3.05, 3.63) is 59.6 Å². The van der Waals surface area contributed by atoms with Gasteiger partial charge < -0.3 is 9.32 Å². The number of hydrogen-bond acceptors (Lipinski definition) is 4. The van der Waals surface area contributed by atoms with Gasteiger partial charge >= 0.3 is 0 Å². The molecule has 0 saturated carbocycles. The molecule has 0 radical (unpaired) electrons. The summed E-state index contributed by atoms with van der Waals surface area (Å²) in [5, 5.41) is 11.9. The van der Waals surface area contributed by atoms with Crippen molar-refractivity contribution in [2.75, 3.05) is 18.0 Å². The lowest BCUT2D eigenvalue weighted by molar-refractivity contribution is 0.412. The van der Waals surface area contributed by atoms with E-state index in [0.29, 0.717) is 29.8 Å². The Labute approximate surface area is 147 Å². The predicted molar refractivity (Wildman–Crippen MR) is 98.6 cm³/mol. The van der Waals surface area contributed by atoms with E-state index >= 15 is 0 Å². The molecule has 4 nitrogen and oxygen atoms in total. The van der Waals surface area contributed by atoms with Crippen LogP contribution < -0.4 is 4.90 Å². The summed E-state index contributed by atoms with van der Waals surface area (Å²) in [5.74, 6) is 1.87. The van der Waals surface area contributed by atoms with E-state index in [1.807, 2.05) is 12.1 Å². The van der Waals surface area contributed by atoms with Gasteiger partial charge in [-0.25, -0.2) is 4.98 Å². The van der Waals surface area contributed by atoms with E-state index in [9.17, 15) is 5.26 Å². The van der Waals surface area contributed by atoms with Crippen molar-refractivity contribution in [3.63, 3.8) is 0 Å². The normalized spacial score (nSPS) is 17.6. The third-order valence-corrected chi connectivity index (χ3v) is 4.93. The summed E-state index contributed by atoms with van der Waals surface area (Å²) in [6.45, 7) is 4.10. The molecule has 1 unspecified atom stereocenters. The van der Waals surface area contributed by atoms with Crippen LogP contribution in [0, 0.1) is 17.2 Å². The molecule has 1 fully saturated rings. The second kappa shape index (κ2) is 6.60. The van der Waals surface area contributed by atoms with E-state index in [4.69, 9.17) is 4.42 Å². The molecule has 1 saturated heterocycles. The van der Waals surface area contributed by atoms with Gasteiger partial charge in [0.1, 0.15) is 6.07 Å². The van der Waals surface area contributed by atoms with Crippen LogP contribution in [0.1, 0.15) is 36.9 Å². The molecule has 0 spiro atoms. The molecule has 0 bridgehead atoms. The van der Waals surface area contributed by atoms with Crippen LogP contribution in [0.25, 0.3) is 10.8 Å². The first-order chi connectivity index (χ1) is 12.2. The summed E-state index contributed by atoms with van der Waals surface area (Å²) in [4.78, 5) is 6.63. The number of rotatable bonds is 3. The Balaban J connectivity index is 1.66. The van der Waals surface area contributed by atoms with Gasteiger partial charge in [0.15, 0.2) is 0 Å². The monoisotopic (exact) mass is 331 g/mol. The zero-order chi connectivity index (χ0) is 17.2. The van der Waals surface area contributed by atoms with Crippen LogP contribution in [0.3, 0.4) is 0 Å². The highest BCUT2D eigenvalue weighted by Crippen LogP contribution is 2.29. The molecule has 2 aromatic carbocycles. The largest absolute Gasteiger partial charge is 0.423 e. The zero-order valence-electron chi connectivity index (χ0n) is 14.4. The van der Waals surface area contributed by atoms with Crippen molar-refractivity contribution in [1.82, 2.24) is 4.98 Å². The van der Waals surface area contributed by atoms with Crippen molar-refractivity contribution >= 4 is 16.7 Å². The Bertz CT molecular complexity index is 932. The molecule has 1 aliphatic rings. The van der Waals surface area contributed by atoms with Gasteiger partial charge in [0.2, 0.25) is 17.5 Å². The zero-order valence-corrected chi connectivity index (χ0v) is 14.4. The lowest BCUT2D eigenvalue weighted by atomic mass is 10.0. The second-order valence-electron chi connectivity index (χ2n) is 6.88. The third kappa shape index (κ3) is 3.10. The summed E-state index contributed by atoms with van der Waals surface area (Å²) in [6.07, 6.45) is 2.96. The van der Waals surface area contributed by atoms with Gasteiger partial charge in [0.05, 0.1) is 6.42 Å². The summed E-state index contributed by atoms with van der Waals surface area (Å²) in [5.41, 5.74) is 1.58. The maximum absolute atomic E-state index is 9.47. The number of fused-ring (bicyclic) bond motifs is 1. The van der Waals surface area contributed by atoms with Crippen LogP contribution in [0.15, 0.2) is 46.9 Å². The molecule has 0 aliphatic carbocycles. The van der Waals surface area contributed by atoms with Crippen LogP contribution in [-0.4, -0.2) is 18.1 Å². The van der Waals surface area contributed by atoms with Gasteiger partial charge in [-0.2, -0.15) is 5.26 Å².